The van der Waals surface area contributed by atoms with E-state index in [9.17, 15) is 33.0 Å². The smallest absolute Gasteiger partial charge is 0.283 e. The SMILES string of the molecule is CCCCCCCCCCCC(=O)C(CC(=O)[O-])(C(=O)[O-])S(=O)(=O)O. The molecule has 0 aliphatic rings. The molecule has 1 N–H and O–H groups in total. The number of unbranched alkanes of at least 4 members (excludes halogenated alkanes) is 8. The van der Waals surface area contributed by atoms with Crippen molar-refractivity contribution in [3.63, 3.8) is 0 Å². The molecule has 0 aliphatic carbocycles. The molecule has 1 atom stereocenters. The van der Waals surface area contributed by atoms with Crippen LogP contribution in [0.4, 0.5) is 0 Å². The molecule has 25 heavy (non-hydrogen) atoms. The molecular formula is C16H26O8S-2. The summed E-state index contributed by atoms with van der Waals surface area (Å²) in [7, 11) is -5.51. The van der Waals surface area contributed by atoms with Gasteiger partial charge in [0.1, 0.15) is 0 Å². The number of rotatable bonds is 15. The van der Waals surface area contributed by atoms with Crippen LogP contribution in [-0.2, 0) is 24.5 Å². The highest BCUT2D eigenvalue weighted by molar-refractivity contribution is 7.89. The fraction of sp³-hybridized carbons (Fsp3) is 0.812. The highest BCUT2D eigenvalue weighted by Crippen LogP contribution is 2.25. The van der Waals surface area contributed by atoms with E-state index in [4.69, 9.17) is 4.55 Å². The van der Waals surface area contributed by atoms with Crippen molar-refractivity contribution in [2.75, 3.05) is 0 Å². The minimum absolute atomic E-state index is 0.200. The van der Waals surface area contributed by atoms with Crippen molar-refractivity contribution in [3.05, 3.63) is 0 Å². The molecule has 0 heterocycles. The van der Waals surface area contributed by atoms with E-state index < -0.39 is 45.4 Å². The topological polar surface area (TPSA) is 152 Å². The molecule has 0 spiro atoms. The maximum Gasteiger partial charge on any atom is 0.283 e. The Kier molecular flexibility index (Phi) is 10.5. The summed E-state index contributed by atoms with van der Waals surface area (Å²) in [5, 5.41) is 21.8. The summed E-state index contributed by atoms with van der Waals surface area (Å²) in [6.45, 7) is 2.12. The molecule has 0 aromatic heterocycles. The Labute approximate surface area is 148 Å². The van der Waals surface area contributed by atoms with Crippen molar-refractivity contribution in [1.29, 1.82) is 0 Å². The Morgan fingerprint density at radius 1 is 0.880 bits per heavy atom. The van der Waals surface area contributed by atoms with Crippen molar-refractivity contribution in [2.24, 2.45) is 0 Å². The van der Waals surface area contributed by atoms with Gasteiger partial charge >= 0.3 is 0 Å². The molecule has 0 amide bonds. The average molecular weight is 378 g/mol. The van der Waals surface area contributed by atoms with Crippen molar-refractivity contribution >= 4 is 27.8 Å². The number of carbonyl (C=O) groups is 3. The summed E-state index contributed by atoms with van der Waals surface area (Å²) in [4.78, 5) is 33.9. The van der Waals surface area contributed by atoms with E-state index in [0.29, 0.717) is 6.42 Å². The van der Waals surface area contributed by atoms with Crippen LogP contribution in [-0.4, -0.2) is 35.4 Å². The van der Waals surface area contributed by atoms with Crippen LogP contribution >= 0.6 is 0 Å². The quantitative estimate of drug-likeness (QED) is 0.237. The van der Waals surface area contributed by atoms with Crippen LogP contribution in [0.2, 0.25) is 0 Å². The summed E-state index contributed by atoms with van der Waals surface area (Å²) >= 11 is 0. The lowest BCUT2D eigenvalue weighted by Gasteiger charge is -2.30. The van der Waals surface area contributed by atoms with Crippen molar-refractivity contribution in [1.82, 2.24) is 0 Å². The van der Waals surface area contributed by atoms with Crippen molar-refractivity contribution in [3.8, 4) is 0 Å². The number of hydrogen-bond acceptors (Lipinski definition) is 7. The summed E-state index contributed by atoms with van der Waals surface area (Å²) in [5.41, 5.74) is 0. The Morgan fingerprint density at radius 3 is 1.68 bits per heavy atom. The van der Waals surface area contributed by atoms with E-state index in [0.717, 1.165) is 32.1 Å². The lowest BCUT2D eigenvalue weighted by Crippen LogP contribution is -2.61. The van der Waals surface area contributed by atoms with Crippen LogP contribution in [0.5, 0.6) is 0 Å². The fourth-order valence-electron chi connectivity index (χ4n) is 2.63. The molecule has 0 saturated carbocycles. The number of aliphatic carboxylic acids is 2. The van der Waals surface area contributed by atoms with Gasteiger partial charge in [-0.15, -0.1) is 0 Å². The minimum atomic E-state index is -5.51. The van der Waals surface area contributed by atoms with Crippen molar-refractivity contribution < 1.29 is 37.6 Å². The molecule has 0 radical (unpaired) electrons. The van der Waals surface area contributed by atoms with Gasteiger partial charge in [0.05, 0.1) is 5.97 Å². The molecule has 0 aromatic rings. The van der Waals surface area contributed by atoms with Gasteiger partial charge in [0.25, 0.3) is 10.1 Å². The van der Waals surface area contributed by atoms with Gasteiger partial charge in [-0.25, -0.2) is 0 Å². The Hall–Kier alpha value is -1.48. The molecule has 0 rings (SSSR count). The average Bonchev–Trinajstić information content (AvgIpc) is 2.48. The third kappa shape index (κ3) is 7.52. The normalized spacial score (nSPS) is 14.0. The Balaban J connectivity index is 4.56. The first-order valence-corrected chi connectivity index (χ1v) is 9.95. The summed E-state index contributed by atoms with van der Waals surface area (Å²) in [6.07, 6.45) is 6.04. The van der Waals surface area contributed by atoms with E-state index in [2.05, 4.69) is 6.92 Å². The highest BCUT2D eigenvalue weighted by Gasteiger charge is 2.51. The van der Waals surface area contributed by atoms with Crippen molar-refractivity contribution in [2.45, 2.75) is 82.3 Å². The molecule has 0 aliphatic heterocycles. The largest absolute Gasteiger partial charge is 0.550 e. The monoisotopic (exact) mass is 378 g/mol. The summed E-state index contributed by atoms with van der Waals surface area (Å²) < 4.78 is 28.3. The summed E-state index contributed by atoms with van der Waals surface area (Å²) in [6, 6.07) is 0. The first-order valence-electron chi connectivity index (χ1n) is 8.51. The van der Waals surface area contributed by atoms with Gasteiger partial charge in [0, 0.05) is 18.8 Å². The molecule has 8 nitrogen and oxygen atoms in total. The van der Waals surface area contributed by atoms with Crippen LogP contribution < -0.4 is 10.2 Å². The number of Topliss-reactive ketones (excluding diaryl/α,β-unsaturated/α-hetero) is 1. The van der Waals surface area contributed by atoms with Gasteiger partial charge in [-0.05, 0) is 6.42 Å². The molecule has 0 saturated heterocycles. The Bertz CT molecular complexity index is 554. The van der Waals surface area contributed by atoms with Crippen LogP contribution in [0.3, 0.4) is 0 Å². The molecular weight excluding hydrogens is 352 g/mol. The molecule has 1 unspecified atom stereocenters. The lowest BCUT2D eigenvalue weighted by atomic mass is 9.94. The first kappa shape index (κ1) is 23.5. The lowest BCUT2D eigenvalue weighted by molar-refractivity contribution is -0.317. The Morgan fingerprint density at radius 2 is 1.32 bits per heavy atom. The van der Waals surface area contributed by atoms with Gasteiger partial charge in [-0.2, -0.15) is 8.42 Å². The van der Waals surface area contributed by atoms with Crippen LogP contribution in [0.1, 0.15) is 77.6 Å². The molecule has 0 aromatic carbocycles. The number of ketones is 1. The molecule has 9 heteroatoms. The maximum atomic E-state index is 12.0. The van der Waals surface area contributed by atoms with Gasteiger partial charge < -0.3 is 19.8 Å². The van der Waals surface area contributed by atoms with E-state index >= 15 is 0 Å². The van der Waals surface area contributed by atoms with Crippen LogP contribution in [0.15, 0.2) is 0 Å². The second-order valence-corrected chi connectivity index (χ2v) is 7.79. The van der Waals surface area contributed by atoms with Gasteiger partial charge in [0.2, 0.25) is 0 Å². The van der Waals surface area contributed by atoms with E-state index in [1.807, 2.05) is 0 Å². The molecule has 146 valence electrons. The summed E-state index contributed by atoms with van der Waals surface area (Å²) in [5.74, 6) is -5.94. The third-order valence-corrected chi connectivity index (χ3v) is 5.54. The maximum absolute atomic E-state index is 12.0. The predicted molar refractivity (Wildman–Crippen MR) is 85.8 cm³/mol. The molecule has 0 bridgehead atoms. The third-order valence-electron chi connectivity index (χ3n) is 4.12. The second-order valence-electron chi connectivity index (χ2n) is 6.14. The van der Waals surface area contributed by atoms with Gasteiger partial charge in [-0.3, -0.25) is 9.35 Å². The minimum Gasteiger partial charge on any atom is -0.550 e. The number of carboxylic acids is 2. The second kappa shape index (κ2) is 11.2. The zero-order valence-electron chi connectivity index (χ0n) is 14.5. The standard InChI is InChI=1S/C16H28O8S/c1-2-3-4-5-6-7-8-9-10-11-13(17)16(15(20)21,12-14(18)19)25(22,23)24/h2-12H2,1H3,(H,18,19)(H,20,21)(H,22,23,24)/p-2. The zero-order valence-corrected chi connectivity index (χ0v) is 15.3. The molecule has 0 fully saturated rings. The predicted octanol–water partition coefficient (Wildman–Crippen LogP) is -0.00710. The zero-order chi connectivity index (χ0) is 19.5. The van der Waals surface area contributed by atoms with E-state index in [1.165, 1.54) is 12.8 Å². The number of hydrogen-bond donors (Lipinski definition) is 1. The van der Waals surface area contributed by atoms with E-state index in [-0.39, 0.29) is 6.42 Å². The van der Waals surface area contributed by atoms with Crippen LogP contribution in [0.25, 0.3) is 0 Å². The fourth-order valence-corrected chi connectivity index (χ4v) is 3.53. The number of carbonyl (C=O) groups excluding carboxylic acids is 3. The highest BCUT2D eigenvalue weighted by atomic mass is 32.2. The first-order chi connectivity index (χ1) is 11.6. The van der Waals surface area contributed by atoms with E-state index in [1.54, 1.807) is 0 Å². The van der Waals surface area contributed by atoms with Crippen LogP contribution in [0, 0.1) is 0 Å². The van der Waals surface area contributed by atoms with Gasteiger partial charge in [0.15, 0.2) is 10.5 Å². The van der Waals surface area contributed by atoms with Gasteiger partial charge in [-0.1, -0.05) is 58.3 Å². The number of carboxylic acid groups (broad SMARTS) is 2.